The number of hydrogen-bond acceptors (Lipinski definition) is 5. The molecule has 1 N–H and O–H groups in total. The number of ether oxygens (including phenoxy) is 1. The van der Waals surface area contributed by atoms with Crippen LogP contribution in [0.4, 0.5) is 5.69 Å². The van der Waals surface area contributed by atoms with Crippen molar-refractivity contribution < 1.29 is 23.9 Å². The average Bonchev–Trinajstić information content (AvgIpc) is 2.92. The molecule has 1 amide bonds. The van der Waals surface area contributed by atoms with Gasteiger partial charge in [-0.1, -0.05) is 78.3 Å². The number of nitrogens with one attached hydrogen (secondary N) is 1. The first-order chi connectivity index (χ1) is 18.3. The van der Waals surface area contributed by atoms with Crippen molar-refractivity contribution in [2.45, 2.75) is 20.0 Å². The first-order valence-corrected chi connectivity index (χ1v) is 12.3. The standard InChI is InChI=1S/C31H22ClNO5/c1-17-12-13-18(2)24(16-17)33-30(36)29(19-8-4-3-5-9-19)38-31(37)23-15-14-22-25(26(23)32)28(35)21-11-7-6-10-20(21)27(22)34/h3-16,29H,1-2H3,(H,33,36). The average molecular weight is 524 g/mol. The Labute approximate surface area is 224 Å². The number of halogens is 1. The first kappa shape index (κ1) is 25.1. The first-order valence-electron chi connectivity index (χ1n) is 11.9. The van der Waals surface area contributed by atoms with Crippen molar-refractivity contribution in [3.8, 4) is 0 Å². The molecule has 0 aliphatic heterocycles. The summed E-state index contributed by atoms with van der Waals surface area (Å²) in [4.78, 5) is 52.9. The zero-order valence-corrected chi connectivity index (χ0v) is 21.3. The van der Waals surface area contributed by atoms with Gasteiger partial charge in [0.25, 0.3) is 5.91 Å². The molecule has 1 aliphatic carbocycles. The molecule has 0 fully saturated rings. The fourth-order valence-electron chi connectivity index (χ4n) is 4.44. The third-order valence-electron chi connectivity index (χ3n) is 6.47. The topological polar surface area (TPSA) is 89.5 Å². The lowest BCUT2D eigenvalue weighted by Crippen LogP contribution is -2.27. The quantitative estimate of drug-likeness (QED) is 0.274. The second kappa shape index (κ2) is 10.1. The zero-order chi connectivity index (χ0) is 27.0. The normalized spacial score (nSPS) is 12.8. The predicted molar refractivity (Wildman–Crippen MR) is 144 cm³/mol. The third kappa shape index (κ3) is 4.51. The maximum Gasteiger partial charge on any atom is 0.340 e. The van der Waals surface area contributed by atoms with Gasteiger partial charge in [0.05, 0.1) is 16.1 Å². The van der Waals surface area contributed by atoms with Crippen LogP contribution in [0, 0.1) is 13.8 Å². The van der Waals surface area contributed by atoms with E-state index >= 15 is 0 Å². The largest absolute Gasteiger partial charge is 0.444 e. The van der Waals surface area contributed by atoms with E-state index in [1.165, 1.54) is 12.1 Å². The van der Waals surface area contributed by atoms with Crippen LogP contribution in [0.1, 0.15) is 65.0 Å². The van der Waals surface area contributed by atoms with Crippen LogP contribution in [-0.2, 0) is 9.53 Å². The number of carbonyl (C=O) groups is 4. The number of ketones is 2. The number of amides is 1. The van der Waals surface area contributed by atoms with Gasteiger partial charge < -0.3 is 10.1 Å². The lowest BCUT2D eigenvalue weighted by atomic mass is 9.83. The predicted octanol–water partition coefficient (Wildman–Crippen LogP) is 6.27. The Balaban J connectivity index is 1.49. The molecule has 1 unspecified atom stereocenters. The van der Waals surface area contributed by atoms with Gasteiger partial charge in [-0.05, 0) is 43.2 Å². The summed E-state index contributed by atoms with van der Waals surface area (Å²) in [6.07, 6.45) is -1.30. The van der Waals surface area contributed by atoms with Crippen LogP contribution >= 0.6 is 11.6 Å². The summed E-state index contributed by atoms with van der Waals surface area (Å²) in [5.74, 6) is -2.26. The molecule has 0 radical (unpaired) electrons. The van der Waals surface area contributed by atoms with E-state index in [0.29, 0.717) is 11.3 Å². The van der Waals surface area contributed by atoms with Gasteiger partial charge in [-0.15, -0.1) is 0 Å². The van der Waals surface area contributed by atoms with E-state index in [1.54, 1.807) is 54.6 Å². The minimum absolute atomic E-state index is 0.0547. The van der Waals surface area contributed by atoms with Gasteiger partial charge in [-0.25, -0.2) is 4.79 Å². The molecule has 0 heterocycles. The molecule has 1 atom stereocenters. The second-order valence-corrected chi connectivity index (χ2v) is 9.44. The lowest BCUT2D eigenvalue weighted by Gasteiger charge is -2.21. The van der Waals surface area contributed by atoms with Crippen LogP contribution in [0.2, 0.25) is 5.02 Å². The SMILES string of the molecule is Cc1ccc(C)c(NC(=O)C(OC(=O)c2ccc3c(c2Cl)C(=O)c2ccccc2C3=O)c2ccccc2)c1. The summed E-state index contributed by atoms with van der Waals surface area (Å²) in [6.45, 7) is 3.77. The zero-order valence-electron chi connectivity index (χ0n) is 20.6. The van der Waals surface area contributed by atoms with Crippen LogP contribution in [0.5, 0.6) is 0 Å². The van der Waals surface area contributed by atoms with Gasteiger partial charge in [-0.2, -0.15) is 0 Å². The third-order valence-corrected chi connectivity index (χ3v) is 6.86. The number of fused-ring (bicyclic) bond motifs is 2. The minimum atomic E-state index is -1.30. The monoisotopic (exact) mass is 523 g/mol. The Morgan fingerprint density at radius 2 is 1.45 bits per heavy atom. The fraction of sp³-hybridized carbons (Fsp3) is 0.0968. The van der Waals surface area contributed by atoms with E-state index in [-0.39, 0.29) is 38.6 Å². The highest BCUT2D eigenvalue weighted by atomic mass is 35.5. The molecule has 0 aromatic heterocycles. The summed E-state index contributed by atoms with van der Waals surface area (Å²) < 4.78 is 5.70. The summed E-state index contributed by atoms with van der Waals surface area (Å²) >= 11 is 6.55. The number of esters is 1. The van der Waals surface area contributed by atoms with Gasteiger partial charge in [0.2, 0.25) is 6.10 Å². The molecule has 38 heavy (non-hydrogen) atoms. The van der Waals surface area contributed by atoms with E-state index in [1.807, 2.05) is 32.0 Å². The number of carbonyl (C=O) groups excluding carboxylic acids is 4. The molecule has 0 spiro atoms. The van der Waals surface area contributed by atoms with Gasteiger partial charge in [-0.3, -0.25) is 14.4 Å². The van der Waals surface area contributed by atoms with Crippen LogP contribution in [0.3, 0.4) is 0 Å². The van der Waals surface area contributed by atoms with Crippen LogP contribution < -0.4 is 5.32 Å². The van der Waals surface area contributed by atoms with Gasteiger partial charge in [0, 0.05) is 27.9 Å². The van der Waals surface area contributed by atoms with Crippen molar-refractivity contribution in [1.29, 1.82) is 0 Å². The molecule has 7 heteroatoms. The van der Waals surface area contributed by atoms with Crippen molar-refractivity contribution in [1.82, 2.24) is 0 Å². The minimum Gasteiger partial charge on any atom is -0.444 e. The molecule has 0 bridgehead atoms. The Morgan fingerprint density at radius 3 is 2.16 bits per heavy atom. The van der Waals surface area contributed by atoms with E-state index in [4.69, 9.17) is 16.3 Å². The molecule has 4 aromatic carbocycles. The fourth-order valence-corrected chi connectivity index (χ4v) is 4.77. The molecule has 0 saturated heterocycles. The van der Waals surface area contributed by atoms with Gasteiger partial charge in [0.1, 0.15) is 0 Å². The number of aryl methyl sites for hydroxylation is 2. The summed E-state index contributed by atoms with van der Waals surface area (Å²) in [5.41, 5.74) is 3.30. The highest BCUT2D eigenvalue weighted by Crippen LogP contribution is 2.35. The van der Waals surface area contributed by atoms with Crippen molar-refractivity contribution in [2.24, 2.45) is 0 Å². The summed E-state index contributed by atoms with van der Waals surface area (Å²) in [5, 5.41) is 2.65. The number of rotatable bonds is 5. The van der Waals surface area contributed by atoms with E-state index in [9.17, 15) is 19.2 Å². The highest BCUT2D eigenvalue weighted by Gasteiger charge is 2.34. The molecule has 6 nitrogen and oxygen atoms in total. The van der Waals surface area contributed by atoms with Crippen molar-refractivity contribution in [3.05, 3.63) is 134 Å². The number of hydrogen-bond donors (Lipinski definition) is 1. The maximum absolute atomic E-state index is 13.4. The van der Waals surface area contributed by atoms with Crippen LogP contribution in [-0.4, -0.2) is 23.4 Å². The molecule has 5 rings (SSSR count). The van der Waals surface area contributed by atoms with E-state index in [2.05, 4.69) is 5.32 Å². The Hall–Kier alpha value is -4.55. The number of benzene rings is 4. The molecule has 188 valence electrons. The van der Waals surface area contributed by atoms with E-state index in [0.717, 1.165) is 11.1 Å². The van der Waals surface area contributed by atoms with Crippen LogP contribution in [0.25, 0.3) is 0 Å². The second-order valence-electron chi connectivity index (χ2n) is 9.06. The molecule has 0 saturated carbocycles. The van der Waals surface area contributed by atoms with Gasteiger partial charge in [0.15, 0.2) is 11.6 Å². The highest BCUT2D eigenvalue weighted by molar-refractivity contribution is 6.41. The van der Waals surface area contributed by atoms with Crippen molar-refractivity contribution in [2.75, 3.05) is 5.32 Å². The van der Waals surface area contributed by atoms with Crippen molar-refractivity contribution in [3.63, 3.8) is 0 Å². The van der Waals surface area contributed by atoms with Gasteiger partial charge >= 0.3 is 5.97 Å². The smallest absolute Gasteiger partial charge is 0.340 e. The summed E-state index contributed by atoms with van der Waals surface area (Å²) in [7, 11) is 0. The molecule has 4 aromatic rings. The molecular formula is C31H22ClNO5. The maximum atomic E-state index is 13.4. The van der Waals surface area contributed by atoms with E-state index < -0.39 is 23.8 Å². The lowest BCUT2D eigenvalue weighted by molar-refractivity contribution is -0.125. The Morgan fingerprint density at radius 1 is 0.789 bits per heavy atom. The number of anilines is 1. The Bertz CT molecular complexity index is 1630. The molecule has 1 aliphatic rings. The molecular weight excluding hydrogens is 502 g/mol. The Kier molecular flexibility index (Phi) is 6.66. The van der Waals surface area contributed by atoms with Crippen LogP contribution in [0.15, 0.2) is 84.9 Å². The van der Waals surface area contributed by atoms with Crippen molar-refractivity contribution >= 4 is 40.7 Å². The summed E-state index contributed by atoms with van der Waals surface area (Å²) in [6, 6.07) is 23.4.